The molecule has 8 nitrogen and oxygen atoms in total. The molecule has 0 saturated carbocycles. The Morgan fingerprint density at radius 2 is 1.80 bits per heavy atom. The summed E-state index contributed by atoms with van der Waals surface area (Å²) in [5, 5.41) is 2.43. The Labute approximate surface area is 174 Å². The predicted octanol–water partition coefficient (Wildman–Crippen LogP) is 3.27. The number of hydrogen-bond donors (Lipinski definition) is 3. The van der Waals surface area contributed by atoms with Crippen molar-refractivity contribution in [1.82, 2.24) is 4.90 Å². The van der Waals surface area contributed by atoms with Crippen molar-refractivity contribution in [3.8, 4) is 10.4 Å². The van der Waals surface area contributed by atoms with E-state index in [9.17, 15) is 23.2 Å². The fraction of sp³-hybridized carbons (Fsp3) is 0.316. The number of carbonyl (C=O) groups is 3. The molecule has 3 rings (SSSR count). The molecule has 0 bridgehead atoms. The van der Waals surface area contributed by atoms with E-state index in [-0.39, 0.29) is 22.7 Å². The topological polar surface area (TPSA) is 128 Å². The summed E-state index contributed by atoms with van der Waals surface area (Å²) in [5.74, 6) is -2.32. The van der Waals surface area contributed by atoms with Gasteiger partial charge in [-0.25, -0.2) is 23.2 Å². The highest BCUT2D eigenvalue weighted by Gasteiger charge is 2.26. The zero-order valence-corrected chi connectivity index (χ0v) is 16.6. The molecule has 2 heterocycles. The van der Waals surface area contributed by atoms with Crippen molar-refractivity contribution >= 4 is 34.4 Å². The molecule has 0 radical (unpaired) electrons. The smallest absolute Gasteiger partial charge is 0.341 e. The van der Waals surface area contributed by atoms with Crippen LogP contribution >= 0.6 is 11.3 Å². The molecule has 0 spiro atoms. The van der Waals surface area contributed by atoms with Crippen molar-refractivity contribution in [1.29, 1.82) is 0 Å². The molecule has 0 aliphatic carbocycles. The van der Waals surface area contributed by atoms with E-state index in [0.29, 0.717) is 17.8 Å². The third-order valence-electron chi connectivity index (χ3n) is 4.55. The van der Waals surface area contributed by atoms with E-state index in [0.717, 1.165) is 42.4 Å². The van der Waals surface area contributed by atoms with Crippen molar-refractivity contribution in [2.24, 2.45) is 11.5 Å². The van der Waals surface area contributed by atoms with Gasteiger partial charge in [0.25, 0.3) is 0 Å². The van der Waals surface area contributed by atoms with Crippen LogP contribution < -0.4 is 16.8 Å². The number of benzene rings is 1. The number of amides is 4. The van der Waals surface area contributed by atoms with Gasteiger partial charge < -0.3 is 21.1 Å². The monoisotopic (exact) mass is 438 g/mol. The van der Waals surface area contributed by atoms with E-state index >= 15 is 0 Å². The van der Waals surface area contributed by atoms with Crippen LogP contribution in [0.15, 0.2) is 24.3 Å². The first-order chi connectivity index (χ1) is 14.2. The molecule has 30 heavy (non-hydrogen) atoms. The molecule has 160 valence electrons. The molecule has 1 unspecified atom stereocenters. The number of hydrogen-bond acceptors (Lipinski definition) is 5. The Bertz CT molecular complexity index is 961. The summed E-state index contributed by atoms with van der Waals surface area (Å²) in [6.07, 6.45) is 1.44. The van der Waals surface area contributed by atoms with Gasteiger partial charge >= 0.3 is 18.0 Å². The first-order valence-electron chi connectivity index (χ1n) is 9.15. The zero-order chi connectivity index (χ0) is 21.8. The number of nitrogens with one attached hydrogen (secondary N) is 1. The third kappa shape index (κ3) is 5.23. The number of nitrogens with two attached hydrogens (primary N) is 2. The summed E-state index contributed by atoms with van der Waals surface area (Å²) in [6.45, 7) is 0.636. The number of nitrogens with zero attached hydrogens (tertiary/aromatic N) is 1. The minimum atomic E-state index is -0.905. The van der Waals surface area contributed by atoms with Crippen molar-refractivity contribution in [3.63, 3.8) is 0 Å². The second-order valence-corrected chi connectivity index (χ2v) is 7.86. The number of thiophene rings is 1. The van der Waals surface area contributed by atoms with Crippen LogP contribution in [0.1, 0.15) is 29.6 Å². The number of rotatable bonds is 4. The maximum atomic E-state index is 13.6. The SMILES string of the molecule is NC(=O)Nc1sc(-c2cc(F)cc(F)c2)cc1C(=O)OC1CCCCN(C(N)=O)C1. The molecule has 1 atom stereocenters. The van der Waals surface area contributed by atoms with Gasteiger partial charge in [-0.2, -0.15) is 0 Å². The maximum Gasteiger partial charge on any atom is 0.341 e. The van der Waals surface area contributed by atoms with Crippen molar-refractivity contribution < 1.29 is 27.9 Å². The summed E-state index contributed by atoms with van der Waals surface area (Å²) in [6, 6.07) is 2.81. The van der Waals surface area contributed by atoms with Crippen LogP contribution in [0.5, 0.6) is 0 Å². The predicted molar refractivity (Wildman–Crippen MR) is 107 cm³/mol. The van der Waals surface area contributed by atoms with Gasteiger partial charge in [-0.05, 0) is 43.0 Å². The molecule has 2 aromatic rings. The van der Waals surface area contributed by atoms with Crippen LogP contribution in [0.4, 0.5) is 23.4 Å². The Morgan fingerprint density at radius 3 is 2.43 bits per heavy atom. The molecule has 1 aromatic carbocycles. The number of primary amides is 2. The quantitative estimate of drug-likeness (QED) is 0.633. The van der Waals surface area contributed by atoms with Crippen LogP contribution in [0.2, 0.25) is 0 Å². The van der Waals surface area contributed by atoms with Crippen LogP contribution in [-0.2, 0) is 4.74 Å². The Balaban J connectivity index is 1.87. The van der Waals surface area contributed by atoms with E-state index < -0.39 is 35.8 Å². The summed E-state index contributed by atoms with van der Waals surface area (Å²) < 4.78 is 32.7. The van der Waals surface area contributed by atoms with Gasteiger partial charge in [-0.1, -0.05) is 0 Å². The van der Waals surface area contributed by atoms with Gasteiger partial charge in [-0.3, -0.25) is 5.32 Å². The van der Waals surface area contributed by atoms with Crippen LogP contribution in [0.25, 0.3) is 10.4 Å². The minimum absolute atomic E-state index is 0.00617. The van der Waals surface area contributed by atoms with Gasteiger partial charge in [-0.15, -0.1) is 11.3 Å². The first kappa shape index (κ1) is 21.5. The van der Waals surface area contributed by atoms with Gasteiger partial charge in [0, 0.05) is 17.5 Å². The van der Waals surface area contributed by atoms with Gasteiger partial charge in [0.05, 0.1) is 12.1 Å². The van der Waals surface area contributed by atoms with Crippen molar-refractivity contribution in [2.75, 3.05) is 18.4 Å². The summed E-state index contributed by atoms with van der Waals surface area (Å²) >= 11 is 0.928. The van der Waals surface area contributed by atoms with Crippen molar-refractivity contribution in [2.45, 2.75) is 25.4 Å². The molecule has 5 N–H and O–H groups in total. The first-order valence-corrected chi connectivity index (χ1v) is 9.96. The van der Waals surface area contributed by atoms with E-state index in [2.05, 4.69) is 5.32 Å². The van der Waals surface area contributed by atoms with Gasteiger partial charge in [0.15, 0.2) is 0 Å². The van der Waals surface area contributed by atoms with E-state index in [1.165, 1.54) is 11.0 Å². The molecule has 11 heteroatoms. The molecule has 4 amide bonds. The molecular weight excluding hydrogens is 418 g/mol. The second kappa shape index (κ2) is 9.08. The maximum absolute atomic E-state index is 13.6. The highest BCUT2D eigenvalue weighted by atomic mass is 32.1. The van der Waals surface area contributed by atoms with Crippen LogP contribution in [0.3, 0.4) is 0 Å². The number of likely N-dealkylation sites (tertiary alicyclic amines) is 1. The van der Waals surface area contributed by atoms with Gasteiger partial charge in [0.2, 0.25) is 0 Å². The summed E-state index contributed by atoms with van der Waals surface area (Å²) in [4.78, 5) is 37.4. The fourth-order valence-corrected chi connectivity index (χ4v) is 4.24. The number of carbonyl (C=O) groups excluding carboxylic acids is 3. The highest BCUT2D eigenvalue weighted by molar-refractivity contribution is 7.20. The molecule has 1 aromatic heterocycles. The van der Waals surface area contributed by atoms with E-state index in [4.69, 9.17) is 16.2 Å². The zero-order valence-electron chi connectivity index (χ0n) is 15.8. The fourth-order valence-electron chi connectivity index (χ4n) is 3.20. The van der Waals surface area contributed by atoms with Crippen LogP contribution in [0, 0.1) is 11.6 Å². The number of halogens is 2. The summed E-state index contributed by atoms with van der Waals surface area (Å²) in [7, 11) is 0. The normalized spacial score (nSPS) is 16.6. The van der Waals surface area contributed by atoms with E-state index in [1.54, 1.807) is 0 Å². The van der Waals surface area contributed by atoms with Gasteiger partial charge in [0.1, 0.15) is 22.7 Å². The lowest BCUT2D eigenvalue weighted by atomic mass is 10.1. The molecule has 1 aliphatic rings. The Hall–Kier alpha value is -3.21. The lowest BCUT2D eigenvalue weighted by Gasteiger charge is -2.22. The molecule has 1 fully saturated rings. The lowest BCUT2D eigenvalue weighted by Crippen LogP contribution is -2.41. The van der Waals surface area contributed by atoms with E-state index in [1.807, 2.05) is 0 Å². The molecule has 1 saturated heterocycles. The minimum Gasteiger partial charge on any atom is -0.457 e. The number of ether oxygens (including phenoxy) is 1. The highest BCUT2D eigenvalue weighted by Crippen LogP contribution is 2.37. The number of esters is 1. The third-order valence-corrected chi connectivity index (χ3v) is 5.65. The largest absolute Gasteiger partial charge is 0.457 e. The van der Waals surface area contributed by atoms with Crippen molar-refractivity contribution in [3.05, 3.63) is 41.5 Å². The lowest BCUT2D eigenvalue weighted by molar-refractivity contribution is 0.0242. The number of anilines is 1. The molecule has 1 aliphatic heterocycles. The average Bonchev–Trinajstić information content (AvgIpc) is 2.91. The number of urea groups is 2. The van der Waals surface area contributed by atoms with Crippen LogP contribution in [-0.4, -0.2) is 42.1 Å². The molecular formula is C19H20F2N4O4S. The Morgan fingerprint density at radius 1 is 1.10 bits per heavy atom. The average molecular weight is 438 g/mol. The summed E-state index contributed by atoms with van der Waals surface area (Å²) in [5.41, 5.74) is 10.7. The standard InChI is InChI=1S/C19H20F2N4O4S/c20-11-5-10(6-12(21)7-11)15-8-14(16(30-15)24-18(22)27)17(26)29-13-3-1-2-4-25(9-13)19(23)28/h5-8,13H,1-4,9H2,(H2,23,28)(H3,22,24,27). The second-order valence-electron chi connectivity index (χ2n) is 6.81. The Kier molecular flexibility index (Phi) is 6.50.